The minimum absolute atomic E-state index is 0.443. The number of fused-ring (bicyclic) bond motifs is 3. The van der Waals surface area contributed by atoms with Gasteiger partial charge in [0.1, 0.15) is 0 Å². The maximum absolute atomic E-state index is 6.28. The fraction of sp³-hybridized carbons (Fsp3) is 0.333. The van der Waals surface area contributed by atoms with Gasteiger partial charge >= 0.3 is 0 Å². The number of rotatable bonds is 2. The molecule has 0 saturated heterocycles. The summed E-state index contributed by atoms with van der Waals surface area (Å²) in [4.78, 5) is 2.58. The van der Waals surface area contributed by atoms with E-state index in [9.17, 15) is 0 Å². The molecular formula is C21H24N2. The molecule has 0 radical (unpaired) electrons. The van der Waals surface area contributed by atoms with Crippen molar-refractivity contribution < 1.29 is 0 Å². The Balaban J connectivity index is 1.67. The molecule has 0 saturated carbocycles. The van der Waals surface area contributed by atoms with Gasteiger partial charge in [0, 0.05) is 29.8 Å². The standard InChI is InChI=1S/C21H24N2/c1-14-11-12-16(15(2)21(14)22)13-23-19-9-5-3-7-17(19)18-8-4-6-10-20(18)23/h3-11,16-17,19H,12-13,22H2,1-2H3. The third-order valence-corrected chi connectivity index (χ3v) is 5.66. The Bertz CT molecular complexity index is 751. The highest BCUT2D eigenvalue weighted by atomic mass is 15.2. The van der Waals surface area contributed by atoms with E-state index in [1.54, 1.807) is 0 Å². The lowest BCUT2D eigenvalue weighted by atomic mass is 9.86. The minimum atomic E-state index is 0.443. The van der Waals surface area contributed by atoms with Crippen LogP contribution >= 0.6 is 0 Å². The second kappa shape index (κ2) is 5.45. The van der Waals surface area contributed by atoms with Crippen LogP contribution in [0.5, 0.6) is 0 Å². The van der Waals surface area contributed by atoms with Crippen molar-refractivity contribution in [2.24, 2.45) is 11.7 Å². The fourth-order valence-corrected chi connectivity index (χ4v) is 4.18. The molecule has 1 heterocycles. The van der Waals surface area contributed by atoms with E-state index < -0.39 is 0 Å². The predicted octanol–water partition coefficient (Wildman–Crippen LogP) is 4.28. The number of hydrogen-bond acceptors (Lipinski definition) is 2. The maximum atomic E-state index is 6.28. The number of benzene rings is 1. The summed E-state index contributed by atoms with van der Waals surface area (Å²) in [6.45, 7) is 5.35. The zero-order chi connectivity index (χ0) is 16.0. The Morgan fingerprint density at radius 3 is 2.78 bits per heavy atom. The van der Waals surface area contributed by atoms with Crippen molar-refractivity contribution in [3.05, 3.63) is 77.1 Å². The van der Waals surface area contributed by atoms with Gasteiger partial charge in [-0.2, -0.15) is 0 Å². The van der Waals surface area contributed by atoms with Gasteiger partial charge in [-0.1, -0.05) is 48.6 Å². The number of para-hydroxylation sites is 1. The summed E-state index contributed by atoms with van der Waals surface area (Å²) < 4.78 is 0. The zero-order valence-electron chi connectivity index (χ0n) is 13.9. The largest absolute Gasteiger partial charge is 0.399 e. The molecule has 23 heavy (non-hydrogen) atoms. The van der Waals surface area contributed by atoms with E-state index in [0.29, 0.717) is 17.9 Å². The number of nitrogens with zero attached hydrogens (tertiary/aromatic N) is 1. The zero-order valence-corrected chi connectivity index (χ0v) is 13.9. The minimum Gasteiger partial charge on any atom is -0.399 e. The van der Waals surface area contributed by atoms with Gasteiger partial charge in [0.25, 0.3) is 0 Å². The molecule has 4 rings (SSSR count). The summed E-state index contributed by atoms with van der Waals surface area (Å²) >= 11 is 0. The topological polar surface area (TPSA) is 29.3 Å². The van der Waals surface area contributed by atoms with Crippen molar-refractivity contribution in [1.82, 2.24) is 0 Å². The molecule has 1 aromatic carbocycles. The molecule has 1 aromatic rings. The van der Waals surface area contributed by atoms with Crippen LogP contribution in [0, 0.1) is 5.92 Å². The summed E-state index contributed by atoms with van der Waals surface area (Å²) in [6.07, 6.45) is 12.4. The number of anilines is 1. The summed E-state index contributed by atoms with van der Waals surface area (Å²) in [5.41, 5.74) is 12.7. The molecule has 0 fully saturated rings. The van der Waals surface area contributed by atoms with Crippen LogP contribution in [0.1, 0.15) is 31.7 Å². The lowest BCUT2D eigenvalue weighted by Gasteiger charge is -2.34. The van der Waals surface area contributed by atoms with E-state index in [4.69, 9.17) is 5.73 Å². The molecule has 2 heteroatoms. The lowest BCUT2D eigenvalue weighted by Crippen LogP contribution is -2.37. The van der Waals surface area contributed by atoms with Crippen LogP contribution in [-0.4, -0.2) is 12.6 Å². The van der Waals surface area contributed by atoms with E-state index in [0.717, 1.165) is 18.7 Å². The highest BCUT2D eigenvalue weighted by Gasteiger charge is 2.37. The van der Waals surface area contributed by atoms with Crippen LogP contribution < -0.4 is 10.6 Å². The van der Waals surface area contributed by atoms with E-state index >= 15 is 0 Å². The van der Waals surface area contributed by atoms with Crippen LogP contribution in [0.4, 0.5) is 5.69 Å². The van der Waals surface area contributed by atoms with Crippen LogP contribution in [0.2, 0.25) is 0 Å². The summed E-state index contributed by atoms with van der Waals surface area (Å²) in [5, 5.41) is 0. The van der Waals surface area contributed by atoms with Gasteiger partial charge in [0.2, 0.25) is 0 Å². The van der Waals surface area contributed by atoms with Gasteiger partial charge in [0.15, 0.2) is 0 Å². The molecule has 0 amide bonds. The van der Waals surface area contributed by atoms with Crippen molar-refractivity contribution in [2.45, 2.75) is 32.2 Å². The Morgan fingerprint density at radius 2 is 1.91 bits per heavy atom. The summed E-state index contributed by atoms with van der Waals surface area (Å²) in [7, 11) is 0. The molecule has 3 atom stereocenters. The van der Waals surface area contributed by atoms with Crippen molar-refractivity contribution in [2.75, 3.05) is 11.4 Å². The maximum Gasteiger partial charge on any atom is 0.0580 e. The van der Waals surface area contributed by atoms with E-state index in [1.807, 2.05) is 0 Å². The molecule has 3 unspecified atom stereocenters. The molecule has 0 spiro atoms. The third-order valence-electron chi connectivity index (χ3n) is 5.66. The Labute approximate surface area is 138 Å². The summed E-state index contributed by atoms with van der Waals surface area (Å²) in [6, 6.07) is 9.29. The molecule has 2 aliphatic carbocycles. The van der Waals surface area contributed by atoms with E-state index in [1.165, 1.54) is 22.4 Å². The molecule has 2 N–H and O–H groups in total. The van der Waals surface area contributed by atoms with Crippen LogP contribution in [0.25, 0.3) is 0 Å². The highest BCUT2D eigenvalue weighted by molar-refractivity contribution is 5.65. The van der Waals surface area contributed by atoms with Crippen molar-refractivity contribution in [3.63, 3.8) is 0 Å². The van der Waals surface area contributed by atoms with Gasteiger partial charge in [0.05, 0.1) is 6.04 Å². The third kappa shape index (κ3) is 2.24. The number of nitrogens with two attached hydrogens (primary N) is 1. The Morgan fingerprint density at radius 1 is 1.13 bits per heavy atom. The van der Waals surface area contributed by atoms with E-state index in [-0.39, 0.29) is 0 Å². The first-order valence-electron chi connectivity index (χ1n) is 8.50. The van der Waals surface area contributed by atoms with Gasteiger partial charge in [-0.3, -0.25) is 0 Å². The SMILES string of the molecule is CC1=CCC(CN2c3ccccc3C3C=CC=CC32)C(C)=C1N. The first kappa shape index (κ1) is 14.4. The number of allylic oxidation sites excluding steroid dienone is 4. The number of hydrogen-bond donors (Lipinski definition) is 1. The molecular weight excluding hydrogens is 280 g/mol. The molecule has 1 aliphatic heterocycles. The predicted molar refractivity (Wildman–Crippen MR) is 97.3 cm³/mol. The smallest absolute Gasteiger partial charge is 0.0580 e. The van der Waals surface area contributed by atoms with Gasteiger partial charge < -0.3 is 10.6 Å². The normalized spacial score (nSPS) is 28.7. The van der Waals surface area contributed by atoms with Gasteiger partial charge in [-0.05, 0) is 43.0 Å². The first-order valence-corrected chi connectivity index (χ1v) is 8.50. The average molecular weight is 304 g/mol. The van der Waals surface area contributed by atoms with Crippen LogP contribution in [0.3, 0.4) is 0 Å². The molecule has 118 valence electrons. The van der Waals surface area contributed by atoms with Crippen molar-refractivity contribution in [3.8, 4) is 0 Å². The second-order valence-corrected chi connectivity index (χ2v) is 6.91. The van der Waals surface area contributed by atoms with Crippen LogP contribution in [-0.2, 0) is 0 Å². The van der Waals surface area contributed by atoms with Gasteiger partial charge in [-0.15, -0.1) is 0 Å². The van der Waals surface area contributed by atoms with Crippen molar-refractivity contribution >= 4 is 5.69 Å². The average Bonchev–Trinajstić information content (AvgIpc) is 2.90. The molecule has 2 nitrogen and oxygen atoms in total. The van der Waals surface area contributed by atoms with Crippen LogP contribution in [0.15, 0.2) is 71.5 Å². The lowest BCUT2D eigenvalue weighted by molar-refractivity contribution is 0.551. The van der Waals surface area contributed by atoms with E-state index in [2.05, 4.69) is 73.4 Å². The fourth-order valence-electron chi connectivity index (χ4n) is 4.18. The quantitative estimate of drug-likeness (QED) is 0.883. The highest BCUT2D eigenvalue weighted by Crippen LogP contribution is 2.44. The van der Waals surface area contributed by atoms with Crippen molar-refractivity contribution in [1.29, 1.82) is 0 Å². The Hall–Kier alpha value is -2.22. The Kier molecular flexibility index (Phi) is 3.41. The monoisotopic (exact) mass is 304 g/mol. The van der Waals surface area contributed by atoms with Gasteiger partial charge in [-0.25, -0.2) is 0 Å². The first-order chi connectivity index (χ1) is 11.2. The molecule has 0 bridgehead atoms. The summed E-state index contributed by atoms with van der Waals surface area (Å²) in [5.74, 6) is 0.989. The molecule has 0 aromatic heterocycles. The molecule has 3 aliphatic rings. The second-order valence-electron chi connectivity index (χ2n) is 6.91.